The Bertz CT molecular complexity index is 1290. The molecule has 1 N–H and O–H groups in total. The highest BCUT2D eigenvalue weighted by molar-refractivity contribution is 7.71. The maximum Gasteiger partial charge on any atom is 0.219 e. The number of hydrogen-bond donors (Lipinski definition) is 1. The summed E-state index contributed by atoms with van der Waals surface area (Å²) >= 11 is 5.30. The van der Waals surface area contributed by atoms with Gasteiger partial charge >= 0.3 is 0 Å². The van der Waals surface area contributed by atoms with Gasteiger partial charge < -0.3 is 13.9 Å². The monoisotopic (exact) mass is 448 g/mol. The van der Waals surface area contributed by atoms with E-state index >= 15 is 0 Å². The largest absolute Gasteiger partial charge is 0.490 e. The standard InChI is InChI=1S/C24H24N4O3S/c1-4-29-22-13-18(9-10-20(22)31-15-19-12-16(2)7-8-17(19)3)14-25-28-23(26-27-24(28)32)21-6-5-11-30-21/h5-14H,4,15H2,1-3H3,(H,27,32)/b25-14-. The molecule has 0 unspecified atom stereocenters. The Kier molecular flexibility index (Phi) is 6.51. The van der Waals surface area contributed by atoms with E-state index in [4.69, 9.17) is 26.1 Å². The Balaban J connectivity index is 1.56. The molecule has 32 heavy (non-hydrogen) atoms. The fraction of sp³-hybridized carbons (Fsp3) is 0.208. The summed E-state index contributed by atoms with van der Waals surface area (Å²) in [5.74, 6) is 2.40. The van der Waals surface area contributed by atoms with E-state index < -0.39 is 0 Å². The summed E-state index contributed by atoms with van der Waals surface area (Å²) in [4.78, 5) is 0. The average molecular weight is 449 g/mol. The van der Waals surface area contributed by atoms with E-state index in [9.17, 15) is 0 Å². The van der Waals surface area contributed by atoms with Crippen LogP contribution in [0.3, 0.4) is 0 Å². The Hall–Kier alpha value is -3.65. The van der Waals surface area contributed by atoms with Gasteiger partial charge in [0.25, 0.3) is 0 Å². The second-order valence-corrected chi connectivity index (χ2v) is 7.63. The number of aryl methyl sites for hydroxylation is 2. The van der Waals surface area contributed by atoms with Gasteiger partial charge in [-0.05, 0) is 80.0 Å². The Labute approximate surface area is 191 Å². The minimum atomic E-state index is 0.367. The van der Waals surface area contributed by atoms with Gasteiger partial charge in [-0.15, -0.1) is 5.10 Å². The Morgan fingerprint density at radius 2 is 2.00 bits per heavy atom. The molecule has 0 fully saturated rings. The highest BCUT2D eigenvalue weighted by atomic mass is 32.1. The topological polar surface area (TPSA) is 77.6 Å². The van der Waals surface area contributed by atoms with Crippen LogP contribution in [0.4, 0.5) is 0 Å². The lowest BCUT2D eigenvalue weighted by molar-refractivity contribution is 0.269. The summed E-state index contributed by atoms with van der Waals surface area (Å²) in [6.45, 7) is 7.09. The van der Waals surface area contributed by atoms with Crippen LogP contribution >= 0.6 is 12.2 Å². The molecule has 0 bridgehead atoms. The molecular weight excluding hydrogens is 424 g/mol. The van der Waals surface area contributed by atoms with E-state index in [-0.39, 0.29) is 0 Å². The van der Waals surface area contributed by atoms with Crippen molar-refractivity contribution in [3.05, 3.63) is 81.8 Å². The van der Waals surface area contributed by atoms with Crippen LogP contribution in [0.5, 0.6) is 11.5 Å². The van der Waals surface area contributed by atoms with Crippen molar-refractivity contribution in [1.29, 1.82) is 0 Å². The number of rotatable bonds is 8. The molecule has 8 heteroatoms. The highest BCUT2D eigenvalue weighted by Gasteiger charge is 2.11. The van der Waals surface area contributed by atoms with Crippen LogP contribution in [0, 0.1) is 18.6 Å². The fourth-order valence-corrected chi connectivity index (χ4v) is 3.37. The van der Waals surface area contributed by atoms with Crippen molar-refractivity contribution in [2.24, 2.45) is 5.10 Å². The number of benzene rings is 2. The third-order valence-corrected chi connectivity index (χ3v) is 5.13. The van der Waals surface area contributed by atoms with Gasteiger partial charge in [0.05, 0.1) is 19.1 Å². The molecule has 164 valence electrons. The third kappa shape index (κ3) is 4.81. The summed E-state index contributed by atoms with van der Waals surface area (Å²) < 4.78 is 19.2. The van der Waals surface area contributed by atoms with Crippen LogP contribution in [0.2, 0.25) is 0 Å². The van der Waals surface area contributed by atoms with Crippen molar-refractivity contribution in [2.75, 3.05) is 6.61 Å². The second kappa shape index (κ2) is 9.65. The Morgan fingerprint density at radius 3 is 2.78 bits per heavy atom. The quantitative estimate of drug-likeness (QED) is 0.277. The van der Waals surface area contributed by atoms with Crippen molar-refractivity contribution < 1.29 is 13.9 Å². The van der Waals surface area contributed by atoms with E-state index in [0.717, 1.165) is 11.1 Å². The van der Waals surface area contributed by atoms with Gasteiger partial charge in [0.15, 0.2) is 17.3 Å². The van der Waals surface area contributed by atoms with Crippen LogP contribution in [0.1, 0.15) is 29.2 Å². The molecule has 0 aliphatic carbocycles. The molecule has 2 aromatic carbocycles. The highest BCUT2D eigenvalue weighted by Crippen LogP contribution is 2.29. The van der Waals surface area contributed by atoms with E-state index in [2.05, 4.69) is 47.3 Å². The first-order valence-electron chi connectivity index (χ1n) is 10.3. The van der Waals surface area contributed by atoms with Crippen LogP contribution in [0.15, 0.2) is 64.3 Å². The summed E-state index contributed by atoms with van der Waals surface area (Å²) in [5.41, 5.74) is 4.39. The molecule has 0 saturated heterocycles. The maximum absolute atomic E-state index is 6.09. The summed E-state index contributed by atoms with van der Waals surface area (Å²) in [6, 6.07) is 15.6. The predicted molar refractivity (Wildman–Crippen MR) is 126 cm³/mol. The molecule has 7 nitrogen and oxygen atoms in total. The number of nitrogens with zero attached hydrogens (tertiary/aromatic N) is 3. The second-order valence-electron chi connectivity index (χ2n) is 7.24. The van der Waals surface area contributed by atoms with Crippen LogP contribution in [0.25, 0.3) is 11.6 Å². The Morgan fingerprint density at radius 1 is 1.12 bits per heavy atom. The number of nitrogens with one attached hydrogen (secondary N) is 1. The van der Waals surface area contributed by atoms with E-state index in [1.54, 1.807) is 24.6 Å². The summed E-state index contributed by atoms with van der Waals surface area (Å²) in [6.07, 6.45) is 3.27. The lowest BCUT2D eigenvalue weighted by atomic mass is 10.1. The molecular formula is C24H24N4O3S. The number of hydrogen-bond acceptors (Lipinski definition) is 6. The zero-order valence-electron chi connectivity index (χ0n) is 18.2. The smallest absolute Gasteiger partial charge is 0.219 e. The van der Waals surface area contributed by atoms with E-state index in [0.29, 0.717) is 41.1 Å². The third-order valence-electron chi connectivity index (χ3n) is 4.87. The van der Waals surface area contributed by atoms with Gasteiger partial charge in [-0.3, -0.25) is 0 Å². The molecule has 0 spiro atoms. The van der Waals surface area contributed by atoms with E-state index in [1.807, 2.05) is 25.1 Å². The minimum Gasteiger partial charge on any atom is -0.490 e. The zero-order chi connectivity index (χ0) is 22.5. The summed E-state index contributed by atoms with van der Waals surface area (Å²) in [5, 5.41) is 11.4. The van der Waals surface area contributed by atoms with Crippen molar-refractivity contribution in [1.82, 2.24) is 14.9 Å². The van der Waals surface area contributed by atoms with Gasteiger partial charge in [-0.1, -0.05) is 23.8 Å². The first-order valence-corrected chi connectivity index (χ1v) is 10.7. The fourth-order valence-electron chi connectivity index (χ4n) is 3.19. The molecule has 2 aromatic heterocycles. The molecule has 2 heterocycles. The molecule has 0 radical (unpaired) electrons. The van der Waals surface area contributed by atoms with Crippen LogP contribution in [-0.2, 0) is 6.61 Å². The molecule has 0 aliphatic rings. The SMILES string of the molecule is CCOc1cc(/C=N\n2c(-c3ccco3)n[nH]c2=S)ccc1OCc1cc(C)ccc1C. The van der Waals surface area contributed by atoms with Gasteiger partial charge in [-0.25, -0.2) is 5.10 Å². The van der Waals surface area contributed by atoms with Crippen molar-refractivity contribution >= 4 is 18.4 Å². The van der Waals surface area contributed by atoms with Crippen molar-refractivity contribution in [2.45, 2.75) is 27.4 Å². The maximum atomic E-state index is 6.09. The minimum absolute atomic E-state index is 0.367. The van der Waals surface area contributed by atoms with Gasteiger partial charge in [0.1, 0.15) is 6.61 Å². The first kappa shape index (κ1) is 21.6. The normalized spacial score (nSPS) is 11.2. The number of furan rings is 1. The first-order chi connectivity index (χ1) is 15.5. The molecule has 0 saturated carbocycles. The molecule has 0 aliphatic heterocycles. The van der Waals surface area contributed by atoms with Crippen molar-refractivity contribution in [3.63, 3.8) is 0 Å². The lowest BCUT2D eigenvalue weighted by Crippen LogP contribution is -2.02. The lowest BCUT2D eigenvalue weighted by Gasteiger charge is -2.14. The molecule has 0 amide bonds. The van der Waals surface area contributed by atoms with Crippen LogP contribution in [-0.4, -0.2) is 27.7 Å². The van der Waals surface area contributed by atoms with Crippen molar-refractivity contribution in [3.8, 4) is 23.1 Å². The van der Waals surface area contributed by atoms with E-state index in [1.165, 1.54) is 15.8 Å². The zero-order valence-corrected chi connectivity index (χ0v) is 19.0. The van der Waals surface area contributed by atoms with Gasteiger partial charge in [0.2, 0.25) is 10.6 Å². The number of aromatic nitrogens is 3. The molecule has 4 aromatic rings. The number of aromatic amines is 1. The van der Waals surface area contributed by atoms with Crippen LogP contribution < -0.4 is 9.47 Å². The van der Waals surface area contributed by atoms with Gasteiger partial charge in [-0.2, -0.15) is 9.78 Å². The number of H-pyrrole nitrogens is 1. The van der Waals surface area contributed by atoms with Gasteiger partial charge in [0, 0.05) is 0 Å². The summed E-state index contributed by atoms with van der Waals surface area (Å²) in [7, 11) is 0. The molecule has 0 atom stereocenters. The average Bonchev–Trinajstić information content (AvgIpc) is 3.44. The molecule has 4 rings (SSSR count). The number of ether oxygens (including phenoxy) is 2. The predicted octanol–water partition coefficient (Wildman–Crippen LogP) is 5.68.